The average Bonchev–Trinajstić information content (AvgIpc) is 2.61. The third-order valence-electron chi connectivity index (χ3n) is 4.40. The molecule has 1 fully saturated rings. The summed E-state index contributed by atoms with van der Waals surface area (Å²) in [4.78, 5) is 24.5. The largest absolute Gasteiger partial charge is 0.497 e. The van der Waals surface area contributed by atoms with Gasteiger partial charge in [-0.25, -0.2) is 4.79 Å². The molecule has 2 rings (SSSR count). The third kappa shape index (κ3) is 4.85. The normalized spacial score (nSPS) is 16.1. The number of methoxy groups -OCH3 is 1. The van der Waals surface area contributed by atoms with E-state index in [4.69, 9.17) is 9.47 Å². The molecule has 0 aromatic heterocycles. The van der Waals surface area contributed by atoms with Crippen LogP contribution >= 0.6 is 0 Å². The van der Waals surface area contributed by atoms with Crippen molar-refractivity contribution >= 4 is 11.9 Å². The van der Waals surface area contributed by atoms with Crippen LogP contribution in [-0.4, -0.2) is 25.0 Å². The van der Waals surface area contributed by atoms with Crippen LogP contribution in [0.5, 0.6) is 11.5 Å². The molecule has 24 heavy (non-hydrogen) atoms. The number of hydrogen-bond donors (Lipinski definition) is 1. The monoisotopic (exact) mass is 331 g/mol. The molecule has 0 saturated heterocycles. The van der Waals surface area contributed by atoms with E-state index in [1.165, 1.54) is 6.42 Å². The minimum atomic E-state index is -0.613. The van der Waals surface area contributed by atoms with Gasteiger partial charge in [0, 0.05) is 11.6 Å². The summed E-state index contributed by atoms with van der Waals surface area (Å²) in [6.07, 6.45) is 5.50. The number of nitrogens with one attached hydrogen (secondary N) is 1. The van der Waals surface area contributed by atoms with Gasteiger partial charge >= 0.3 is 5.97 Å². The lowest BCUT2D eigenvalue weighted by molar-refractivity contribution is -0.133. The fourth-order valence-electron chi connectivity index (χ4n) is 2.72. The molecule has 130 valence electrons. The first-order valence-electron chi connectivity index (χ1n) is 8.36. The predicted molar refractivity (Wildman–Crippen MR) is 91.9 cm³/mol. The molecule has 1 aromatic rings. The number of benzene rings is 1. The van der Waals surface area contributed by atoms with Gasteiger partial charge in [0.15, 0.2) is 0 Å². The first kappa shape index (κ1) is 18.0. The Hall–Kier alpha value is -2.30. The van der Waals surface area contributed by atoms with Crippen molar-refractivity contribution in [1.82, 2.24) is 5.32 Å². The molecular formula is C19H25NO4. The predicted octanol–water partition coefficient (Wildman–Crippen LogP) is 3.24. The van der Waals surface area contributed by atoms with Crippen molar-refractivity contribution in [2.45, 2.75) is 45.1 Å². The quantitative estimate of drug-likeness (QED) is 0.494. The Bertz CT molecular complexity index is 588. The van der Waals surface area contributed by atoms with Gasteiger partial charge in [-0.3, -0.25) is 4.79 Å². The number of carbonyl (C=O) groups excluding carboxylic acids is 2. The van der Waals surface area contributed by atoms with E-state index < -0.39 is 11.9 Å². The highest BCUT2D eigenvalue weighted by Crippen LogP contribution is 2.21. The van der Waals surface area contributed by atoms with Crippen molar-refractivity contribution in [3.63, 3.8) is 0 Å². The minimum absolute atomic E-state index is 0.152. The van der Waals surface area contributed by atoms with Crippen LogP contribution < -0.4 is 14.8 Å². The van der Waals surface area contributed by atoms with Gasteiger partial charge in [-0.15, -0.1) is 0 Å². The zero-order valence-electron chi connectivity index (χ0n) is 14.3. The Morgan fingerprint density at radius 2 is 1.71 bits per heavy atom. The minimum Gasteiger partial charge on any atom is -0.497 e. The van der Waals surface area contributed by atoms with E-state index in [1.54, 1.807) is 38.3 Å². The summed E-state index contributed by atoms with van der Waals surface area (Å²) in [5, 5.41) is 3.01. The molecule has 0 heterocycles. The number of carbonyl (C=O) groups is 2. The molecule has 1 aliphatic carbocycles. The molecular weight excluding hydrogens is 306 g/mol. The maximum absolute atomic E-state index is 12.3. The lowest BCUT2D eigenvalue weighted by atomic mass is 9.94. The van der Waals surface area contributed by atoms with E-state index in [-0.39, 0.29) is 17.5 Å². The SMILES string of the molecule is C=C(C(=O)Oc1ccc(OC)cc1)C(C)C(=O)NC1CCCCC1. The van der Waals surface area contributed by atoms with E-state index in [0.717, 1.165) is 25.7 Å². The number of ether oxygens (including phenoxy) is 2. The van der Waals surface area contributed by atoms with Gasteiger partial charge in [0.05, 0.1) is 13.0 Å². The highest BCUT2D eigenvalue weighted by atomic mass is 16.5. The van der Waals surface area contributed by atoms with E-state index in [0.29, 0.717) is 11.5 Å². The fourth-order valence-corrected chi connectivity index (χ4v) is 2.72. The molecule has 1 aromatic carbocycles. The Morgan fingerprint density at radius 1 is 1.12 bits per heavy atom. The Morgan fingerprint density at radius 3 is 2.29 bits per heavy atom. The molecule has 1 saturated carbocycles. The summed E-state index contributed by atoms with van der Waals surface area (Å²) >= 11 is 0. The molecule has 1 atom stereocenters. The highest BCUT2D eigenvalue weighted by Gasteiger charge is 2.25. The van der Waals surface area contributed by atoms with E-state index in [2.05, 4.69) is 11.9 Å². The summed E-state index contributed by atoms with van der Waals surface area (Å²) < 4.78 is 10.3. The van der Waals surface area contributed by atoms with Crippen LogP contribution in [0.25, 0.3) is 0 Å². The van der Waals surface area contributed by atoms with Crippen molar-refractivity contribution in [2.24, 2.45) is 5.92 Å². The standard InChI is InChI=1S/C19H25NO4/c1-13(18(21)20-15-7-5-4-6-8-15)14(2)19(22)24-17-11-9-16(23-3)10-12-17/h9-13,15H,2,4-8H2,1,3H3,(H,20,21). The first-order chi connectivity index (χ1) is 11.5. The van der Waals surface area contributed by atoms with Gasteiger partial charge in [-0.1, -0.05) is 25.8 Å². The maximum atomic E-state index is 12.3. The second-order valence-corrected chi connectivity index (χ2v) is 6.16. The molecule has 5 heteroatoms. The van der Waals surface area contributed by atoms with Crippen molar-refractivity contribution in [3.05, 3.63) is 36.4 Å². The van der Waals surface area contributed by atoms with Crippen molar-refractivity contribution in [2.75, 3.05) is 7.11 Å². The second kappa shape index (κ2) is 8.52. The lowest BCUT2D eigenvalue weighted by Gasteiger charge is -2.24. The molecule has 1 amide bonds. The molecule has 0 bridgehead atoms. The molecule has 0 spiro atoms. The van der Waals surface area contributed by atoms with Crippen LogP contribution in [0, 0.1) is 5.92 Å². The Labute approximate surface area is 143 Å². The van der Waals surface area contributed by atoms with E-state index >= 15 is 0 Å². The Balaban J connectivity index is 1.88. The fraction of sp³-hybridized carbons (Fsp3) is 0.474. The Kier molecular flexibility index (Phi) is 6.41. The summed E-state index contributed by atoms with van der Waals surface area (Å²) in [6.45, 7) is 5.41. The topological polar surface area (TPSA) is 64.6 Å². The molecule has 1 unspecified atom stereocenters. The third-order valence-corrected chi connectivity index (χ3v) is 4.40. The zero-order valence-corrected chi connectivity index (χ0v) is 14.3. The second-order valence-electron chi connectivity index (χ2n) is 6.16. The number of amides is 1. The van der Waals surface area contributed by atoms with E-state index in [1.807, 2.05) is 0 Å². The molecule has 1 N–H and O–H groups in total. The van der Waals surface area contributed by atoms with Crippen molar-refractivity contribution in [1.29, 1.82) is 0 Å². The summed E-state index contributed by atoms with van der Waals surface area (Å²) in [7, 11) is 1.56. The van der Waals surface area contributed by atoms with Crippen LogP contribution in [-0.2, 0) is 9.59 Å². The maximum Gasteiger partial charge on any atom is 0.339 e. The zero-order chi connectivity index (χ0) is 17.5. The molecule has 0 aliphatic heterocycles. The highest BCUT2D eigenvalue weighted by molar-refractivity contribution is 5.97. The van der Waals surface area contributed by atoms with Gasteiger partial charge in [-0.05, 0) is 44.0 Å². The number of rotatable bonds is 6. The van der Waals surface area contributed by atoms with Crippen molar-refractivity contribution in [3.8, 4) is 11.5 Å². The van der Waals surface area contributed by atoms with Crippen LogP contribution in [0.2, 0.25) is 0 Å². The summed E-state index contributed by atoms with van der Waals surface area (Å²) in [6, 6.07) is 6.88. The van der Waals surface area contributed by atoms with Crippen molar-refractivity contribution < 1.29 is 19.1 Å². The van der Waals surface area contributed by atoms with Gasteiger partial charge in [0.1, 0.15) is 11.5 Å². The van der Waals surface area contributed by atoms with Gasteiger partial charge < -0.3 is 14.8 Å². The number of esters is 1. The first-order valence-corrected chi connectivity index (χ1v) is 8.36. The number of hydrogen-bond acceptors (Lipinski definition) is 4. The van der Waals surface area contributed by atoms with Crippen LogP contribution in [0.1, 0.15) is 39.0 Å². The molecule has 5 nitrogen and oxygen atoms in total. The summed E-state index contributed by atoms with van der Waals surface area (Å²) in [5.74, 6) is -0.307. The molecule has 1 aliphatic rings. The van der Waals surface area contributed by atoms with Crippen LogP contribution in [0.3, 0.4) is 0 Å². The van der Waals surface area contributed by atoms with Gasteiger partial charge in [0.25, 0.3) is 0 Å². The average molecular weight is 331 g/mol. The van der Waals surface area contributed by atoms with Gasteiger partial charge in [-0.2, -0.15) is 0 Å². The molecule has 0 radical (unpaired) electrons. The smallest absolute Gasteiger partial charge is 0.339 e. The van der Waals surface area contributed by atoms with E-state index in [9.17, 15) is 9.59 Å². The van der Waals surface area contributed by atoms with Crippen LogP contribution in [0.15, 0.2) is 36.4 Å². The summed E-state index contributed by atoms with van der Waals surface area (Å²) in [5.41, 5.74) is 0.152. The lowest BCUT2D eigenvalue weighted by Crippen LogP contribution is -2.40. The van der Waals surface area contributed by atoms with Gasteiger partial charge in [0.2, 0.25) is 5.91 Å². The van der Waals surface area contributed by atoms with Crippen LogP contribution in [0.4, 0.5) is 0 Å².